The van der Waals surface area contributed by atoms with Gasteiger partial charge < -0.3 is 25.1 Å². The minimum Gasteiger partial charge on any atom is -0.444 e. The van der Waals surface area contributed by atoms with Crippen LogP contribution in [0.25, 0.3) is 11.5 Å². The molecule has 0 saturated heterocycles. The van der Waals surface area contributed by atoms with Crippen LogP contribution in [0, 0.1) is 6.92 Å². The number of hydrogen-bond donors (Lipinski definition) is 3. The van der Waals surface area contributed by atoms with Gasteiger partial charge in [-0.15, -0.1) is 24.0 Å². The van der Waals surface area contributed by atoms with E-state index in [2.05, 4.69) is 25.9 Å². The largest absolute Gasteiger partial charge is 0.444 e. The van der Waals surface area contributed by atoms with Gasteiger partial charge in [-0.25, -0.2) is 9.78 Å². The van der Waals surface area contributed by atoms with Crippen LogP contribution in [0.5, 0.6) is 0 Å². The highest BCUT2D eigenvalue weighted by molar-refractivity contribution is 14.0. The quantitative estimate of drug-likeness (QED) is 0.287. The summed E-state index contributed by atoms with van der Waals surface area (Å²) in [4.78, 5) is 20.7. The number of halogens is 1. The maximum Gasteiger partial charge on any atom is 0.408 e. The molecule has 1 aromatic heterocycles. The zero-order valence-electron chi connectivity index (χ0n) is 19.3. The minimum atomic E-state index is -0.541. The van der Waals surface area contributed by atoms with Gasteiger partial charge in [0.15, 0.2) is 5.96 Å². The molecule has 1 amide bonds. The summed E-state index contributed by atoms with van der Waals surface area (Å²) in [5.74, 6) is 1.17. The van der Waals surface area contributed by atoms with Gasteiger partial charge in [0.05, 0.1) is 17.8 Å². The number of oxazole rings is 1. The third-order valence-electron chi connectivity index (χ3n) is 4.05. The average Bonchev–Trinajstić information content (AvgIpc) is 3.09. The number of amides is 1. The number of nitrogens with one attached hydrogen (secondary N) is 3. The molecule has 0 fully saturated rings. The van der Waals surface area contributed by atoms with Gasteiger partial charge >= 0.3 is 6.09 Å². The summed E-state index contributed by atoms with van der Waals surface area (Å²) >= 11 is 0. The van der Waals surface area contributed by atoms with Crippen LogP contribution in [0.15, 0.2) is 39.9 Å². The van der Waals surface area contributed by atoms with E-state index < -0.39 is 17.2 Å². The molecule has 0 atom stereocenters. The molecule has 0 saturated carbocycles. The van der Waals surface area contributed by atoms with Crippen molar-refractivity contribution in [1.29, 1.82) is 0 Å². The molecule has 0 aliphatic heterocycles. The summed E-state index contributed by atoms with van der Waals surface area (Å²) in [6.07, 6.45) is 1.17. The predicted molar refractivity (Wildman–Crippen MR) is 134 cm³/mol. The van der Waals surface area contributed by atoms with E-state index in [1.807, 2.05) is 65.8 Å². The zero-order valence-corrected chi connectivity index (χ0v) is 21.7. The molecular formula is C22H34IN5O3. The Hall–Kier alpha value is -2.30. The van der Waals surface area contributed by atoms with Gasteiger partial charge in [-0.1, -0.05) is 17.7 Å². The van der Waals surface area contributed by atoms with E-state index in [1.54, 1.807) is 13.3 Å². The van der Waals surface area contributed by atoms with E-state index in [1.165, 1.54) is 5.56 Å². The van der Waals surface area contributed by atoms with E-state index in [-0.39, 0.29) is 24.0 Å². The average molecular weight is 543 g/mol. The number of carbonyl (C=O) groups excluding carboxylic acids is 1. The van der Waals surface area contributed by atoms with Crippen LogP contribution in [0.4, 0.5) is 4.79 Å². The number of rotatable bonds is 6. The molecule has 1 heterocycles. The van der Waals surface area contributed by atoms with Gasteiger partial charge in [-0.3, -0.25) is 4.99 Å². The molecule has 0 spiro atoms. The van der Waals surface area contributed by atoms with E-state index >= 15 is 0 Å². The molecule has 2 aromatic rings. The number of nitrogens with zero attached hydrogens (tertiary/aromatic N) is 2. The lowest BCUT2D eigenvalue weighted by Gasteiger charge is -2.29. The van der Waals surface area contributed by atoms with Gasteiger partial charge in [-0.2, -0.15) is 0 Å². The second kappa shape index (κ2) is 11.4. The standard InChI is InChI=1S/C22H33N5O3.HI/c1-15-8-10-16(11-9-15)18-26-17(13-29-18)12-24-19(23-7)25-14-22(5,6)27-20(28)30-21(2,3)4;/h8-11,13H,12,14H2,1-7H3,(H,27,28)(H2,23,24,25);1H. The van der Waals surface area contributed by atoms with E-state index in [0.717, 1.165) is 11.3 Å². The Labute approximate surface area is 201 Å². The maximum absolute atomic E-state index is 12.0. The number of alkyl carbamates (subject to hydrolysis) is 1. The van der Waals surface area contributed by atoms with Crippen molar-refractivity contribution in [1.82, 2.24) is 20.9 Å². The van der Waals surface area contributed by atoms with Crippen molar-refractivity contribution in [2.45, 2.75) is 59.2 Å². The van der Waals surface area contributed by atoms with E-state index in [0.29, 0.717) is 24.9 Å². The highest BCUT2D eigenvalue weighted by Gasteiger charge is 2.24. The van der Waals surface area contributed by atoms with Gasteiger partial charge in [0.2, 0.25) is 5.89 Å². The lowest BCUT2D eigenvalue weighted by atomic mass is 10.1. The molecule has 2 rings (SSSR count). The number of guanidine groups is 1. The first kappa shape index (κ1) is 26.7. The Morgan fingerprint density at radius 1 is 1.13 bits per heavy atom. The number of benzene rings is 1. The van der Waals surface area contributed by atoms with Crippen molar-refractivity contribution in [3.05, 3.63) is 41.8 Å². The summed E-state index contributed by atoms with van der Waals surface area (Å²) in [7, 11) is 1.68. The van der Waals surface area contributed by atoms with Crippen LogP contribution in [-0.2, 0) is 11.3 Å². The number of hydrogen-bond acceptors (Lipinski definition) is 5. The van der Waals surface area contributed by atoms with E-state index in [4.69, 9.17) is 9.15 Å². The number of carbonyl (C=O) groups is 1. The smallest absolute Gasteiger partial charge is 0.408 e. The highest BCUT2D eigenvalue weighted by Crippen LogP contribution is 2.19. The van der Waals surface area contributed by atoms with Crippen LogP contribution >= 0.6 is 24.0 Å². The molecular weight excluding hydrogens is 509 g/mol. The Morgan fingerprint density at radius 2 is 1.77 bits per heavy atom. The highest BCUT2D eigenvalue weighted by atomic mass is 127. The number of aryl methyl sites for hydroxylation is 1. The lowest BCUT2D eigenvalue weighted by Crippen LogP contribution is -2.54. The first-order valence-corrected chi connectivity index (χ1v) is 9.94. The molecule has 8 nitrogen and oxygen atoms in total. The van der Waals surface area contributed by atoms with Crippen LogP contribution in [-0.4, -0.2) is 41.8 Å². The van der Waals surface area contributed by atoms with Crippen molar-refractivity contribution >= 4 is 36.0 Å². The molecule has 1 aromatic carbocycles. The fourth-order valence-corrected chi connectivity index (χ4v) is 2.54. The Bertz CT molecular complexity index is 870. The summed E-state index contributed by atoms with van der Waals surface area (Å²) in [5, 5.41) is 9.26. The fourth-order valence-electron chi connectivity index (χ4n) is 2.54. The first-order chi connectivity index (χ1) is 14.0. The second-order valence-corrected chi connectivity index (χ2v) is 8.80. The second-order valence-electron chi connectivity index (χ2n) is 8.80. The van der Waals surface area contributed by atoms with Crippen molar-refractivity contribution in [2.75, 3.05) is 13.6 Å². The van der Waals surface area contributed by atoms with Crippen molar-refractivity contribution in [2.24, 2.45) is 4.99 Å². The lowest BCUT2D eigenvalue weighted by molar-refractivity contribution is 0.0474. The SMILES string of the molecule is CN=C(NCc1coc(-c2ccc(C)cc2)n1)NCC(C)(C)NC(=O)OC(C)(C)C.I. The van der Waals surface area contributed by atoms with E-state index in [9.17, 15) is 4.79 Å². The summed E-state index contributed by atoms with van der Waals surface area (Å²) in [6, 6.07) is 8.02. The first-order valence-electron chi connectivity index (χ1n) is 9.94. The topological polar surface area (TPSA) is 101 Å². The van der Waals surface area contributed by atoms with Crippen LogP contribution in [0.1, 0.15) is 45.9 Å². The molecule has 0 aliphatic rings. The number of aromatic nitrogens is 1. The normalized spacial score (nSPS) is 12.0. The Kier molecular flexibility index (Phi) is 9.79. The number of ether oxygens (including phenoxy) is 1. The monoisotopic (exact) mass is 543 g/mol. The van der Waals surface area contributed by atoms with Crippen LogP contribution in [0.2, 0.25) is 0 Å². The Morgan fingerprint density at radius 3 is 2.35 bits per heavy atom. The van der Waals surface area contributed by atoms with Crippen LogP contribution in [0.3, 0.4) is 0 Å². The van der Waals surface area contributed by atoms with Gasteiger partial charge in [0.1, 0.15) is 11.9 Å². The molecule has 172 valence electrons. The molecule has 31 heavy (non-hydrogen) atoms. The third-order valence-corrected chi connectivity index (χ3v) is 4.05. The maximum atomic E-state index is 12.0. The van der Waals surface area contributed by atoms with Crippen molar-refractivity contribution in [3.63, 3.8) is 0 Å². The summed E-state index contributed by atoms with van der Waals surface area (Å²) < 4.78 is 10.9. The van der Waals surface area contributed by atoms with Crippen molar-refractivity contribution < 1.29 is 13.9 Å². The van der Waals surface area contributed by atoms with Gasteiger partial charge in [0, 0.05) is 19.2 Å². The molecule has 0 aliphatic carbocycles. The summed E-state index contributed by atoms with van der Waals surface area (Å²) in [6.45, 7) is 12.3. The van der Waals surface area contributed by atoms with Crippen LogP contribution < -0.4 is 16.0 Å². The molecule has 9 heteroatoms. The molecule has 0 bridgehead atoms. The zero-order chi connectivity index (χ0) is 22.4. The Balaban J connectivity index is 0.00000480. The number of aliphatic imine (C=N–C) groups is 1. The minimum absolute atomic E-state index is 0. The molecule has 0 unspecified atom stereocenters. The fraction of sp³-hybridized carbons (Fsp3) is 0.500. The summed E-state index contributed by atoms with van der Waals surface area (Å²) in [5.41, 5.74) is 1.81. The van der Waals surface area contributed by atoms with Gasteiger partial charge in [0.25, 0.3) is 0 Å². The molecule has 3 N–H and O–H groups in total. The van der Waals surface area contributed by atoms with Gasteiger partial charge in [-0.05, 0) is 53.7 Å². The molecule has 0 radical (unpaired) electrons. The third kappa shape index (κ3) is 9.58. The predicted octanol–water partition coefficient (Wildman–Crippen LogP) is 4.24. The van der Waals surface area contributed by atoms with Crippen molar-refractivity contribution in [3.8, 4) is 11.5 Å².